The third-order valence-corrected chi connectivity index (χ3v) is 3.34. The van der Waals surface area contributed by atoms with Gasteiger partial charge in [-0.3, -0.25) is 4.79 Å². The van der Waals surface area contributed by atoms with E-state index >= 15 is 0 Å². The van der Waals surface area contributed by atoms with Crippen LogP contribution in [0.25, 0.3) is 5.69 Å². The van der Waals surface area contributed by atoms with Crippen molar-refractivity contribution in [2.45, 2.75) is 6.61 Å². The molecule has 122 valence electrons. The highest BCUT2D eigenvalue weighted by molar-refractivity contribution is 6.03. The summed E-state index contributed by atoms with van der Waals surface area (Å²) in [6.45, 7) is 0.161. The largest absolute Gasteiger partial charge is 0.378 e. The van der Waals surface area contributed by atoms with Crippen LogP contribution in [-0.2, 0) is 11.3 Å². The van der Waals surface area contributed by atoms with Crippen molar-refractivity contribution in [1.29, 1.82) is 0 Å². The molecule has 0 radical (unpaired) electrons. The second-order valence-corrected chi connectivity index (χ2v) is 5.03. The quantitative estimate of drug-likeness (QED) is 0.783. The van der Waals surface area contributed by atoms with Crippen LogP contribution < -0.4 is 5.32 Å². The molecule has 0 saturated heterocycles. The Labute approximate surface area is 137 Å². The Morgan fingerprint density at radius 1 is 1.21 bits per heavy atom. The Balaban J connectivity index is 1.93. The fraction of sp³-hybridized carbons (Fsp3) is 0.118. The maximum absolute atomic E-state index is 13.2. The molecule has 0 saturated carbocycles. The van der Waals surface area contributed by atoms with E-state index in [9.17, 15) is 9.18 Å². The number of carbonyl (C=O) groups excluding carboxylic acids is 1. The first-order valence-corrected chi connectivity index (χ1v) is 7.25. The van der Waals surface area contributed by atoms with E-state index in [0.29, 0.717) is 11.4 Å². The Morgan fingerprint density at radius 2 is 2.00 bits per heavy atom. The fourth-order valence-electron chi connectivity index (χ4n) is 2.28. The molecule has 0 unspecified atom stereocenters. The second kappa shape index (κ2) is 7.01. The molecule has 0 fully saturated rings. The van der Waals surface area contributed by atoms with Gasteiger partial charge in [0.05, 0.1) is 12.3 Å². The molecule has 3 rings (SSSR count). The topological polar surface area (TPSA) is 69.0 Å². The lowest BCUT2D eigenvalue weighted by Crippen LogP contribution is -2.16. The number of benzene rings is 2. The molecule has 0 spiro atoms. The lowest BCUT2D eigenvalue weighted by Gasteiger charge is -2.08. The standard InChI is InChI=1S/C17H15FN4O2/c1-24-11-15-16(17(23)19-13-7-5-6-12(18)10-13)20-21-22(15)14-8-3-2-4-9-14/h2-10H,11H2,1H3,(H,19,23). The smallest absolute Gasteiger partial charge is 0.278 e. The Kier molecular flexibility index (Phi) is 4.62. The van der Waals surface area contributed by atoms with Crippen LogP contribution in [-0.4, -0.2) is 28.0 Å². The van der Waals surface area contributed by atoms with Gasteiger partial charge in [-0.15, -0.1) is 5.10 Å². The maximum atomic E-state index is 13.2. The van der Waals surface area contributed by atoms with E-state index < -0.39 is 11.7 Å². The van der Waals surface area contributed by atoms with Crippen LogP contribution in [0.1, 0.15) is 16.2 Å². The molecule has 1 amide bonds. The van der Waals surface area contributed by atoms with E-state index in [1.807, 2.05) is 30.3 Å². The maximum Gasteiger partial charge on any atom is 0.278 e. The fourth-order valence-corrected chi connectivity index (χ4v) is 2.28. The number of nitrogens with zero attached hydrogens (tertiary/aromatic N) is 3. The highest BCUT2D eigenvalue weighted by Gasteiger charge is 2.20. The molecule has 0 aliphatic heterocycles. The molecule has 7 heteroatoms. The summed E-state index contributed by atoms with van der Waals surface area (Å²) < 4.78 is 20.0. The lowest BCUT2D eigenvalue weighted by atomic mass is 10.2. The van der Waals surface area contributed by atoms with Gasteiger partial charge in [0.2, 0.25) is 0 Å². The van der Waals surface area contributed by atoms with Crippen LogP contribution in [0.2, 0.25) is 0 Å². The molecule has 2 aromatic carbocycles. The molecular weight excluding hydrogens is 311 g/mol. The highest BCUT2D eigenvalue weighted by atomic mass is 19.1. The molecule has 0 aliphatic rings. The van der Waals surface area contributed by atoms with Gasteiger partial charge < -0.3 is 10.1 Å². The average molecular weight is 326 g/mol. The number of methoxy groups -OCH3 is 1. The van der Waals surface area contributed by atoms with Crippen LogP contribution in [0.3, 0.4) is 0 Å². The lowest BCUT2D eigenvalue weighted by molar-refractivity contribution is 0.101. The van der Waals surface area contributed by atoms with Gasteiger partial charge in [-0.25, -0.2) is 9.07 Å². The minimum absolute atomic E-state index is 0.130. The summed E-state index contributed by atoms with van der Waals surface area (Å²) in [7, 11) is 1.52. The summed E-state index contributed by atoms with van der Waals surface area (Å²) in [4.78, 5) is 12.5. The van der Waals surface area contributed by atoms with Crippen molar-refractivity contribution >= 4 is 11.6 Å². The molecule has 0 aliphatic carbocycles. The summed E-state index contributed by atoms with van der Waals surface area (Å²) >= 11 is 0. The van der Waals surface area contributed by atoms with Crippen LogP contribution in [0, 0.1) is 5.82 Å². The zero-order chi connectivity index (χ0) is 16.9. The predicted octanol–water partition coefficient (Wildman–Crippen LogP) is 2.81. The van der Waals surface area contributed by atoms with Crippen molar-refractivity contribution in [2.24, 2.45) is 0 Å². The van der Waals surface area contributed by atoms with E-state index in [1.54, 1.807) is 10.7 Å². The van der Waals surface area contributed by atoms with Crippen molar-refractivity contribution in [3.63, 3.8) is 0 Å². The molecule has 1 heterocycles. The number of aromatic nitrogens is 3. The van der Waals surface area contributed by atoms with Crippen LogP contribution in [0.5, 0.6) is 0 Å². The van der Waals surface area contributed by atoms with Crippen molar-refractivity contribution in [2.75, 3.05) is 12.4 Å². The van der Waals surface area contributed by atoms with Crippen LogP contribution >= 0.6 is 0 Å². The normalized spacial score (nSPS) is 10.6. The van der Waals surface area contributed by atoms with Gasteiger partial charge in [0, 0.05) is 12.8 Å². The number of hydrogen-bond acceptors (Lipinski definition) is 4. The average Bonchev–Trinajstić information content (AvgIpc) is 3.00. The highest BCUT2D eigenvalue weighted by Crippen LogP contribution is 2.16. The molecule has 0 bridgehead atoms. The first-order chi connectivity index (χ1) is 11.7. The second-order valence-electron chi connectivity index (χ2n) is 5.03. The zero-order valence-corrected chi connectivity index (χ0v) is 12.9. The first kappa shape index (κ1) is 15.8. The molecule has 0 atom stereocenters. The molecule has 24 heavy (non-hydrogen) atoms. The van der Waals surface area contributed by atoms with Gasteiger partial charge in [-0.05, 0) is 30.3 Å². The van der Waals surface area contributed by atoms with E-state index in [1.165, 1.54) is 25.3 Å². The Bertz CT molecular complexity index is 849. The zero-order valence-electron chi connectivity index (χ0n) is 12.9. The molecule has 1 aromatic heterocycles. The number of nitrogens with one attached hydrogen (secondary N) is 1. The SMILES string of the molecule is COCc1c(C(=O)Nc2cccc(F)c2)nnn1-c1ccccc1. The number of carbonyl (C=O) groups is 1. The van der Waals surface area contributed by atoms with Crippen molar-refractivity contribution in [1.82, 2.24) is 15.0 Å². The molecule has 1 N–H and O–H groups in total. The number of hydrogen-bond donors (Lipinski definition) is 1. The molecular formula is C17H15FN4O2. The summed E-state index contributed by atoms with van der Waals surface area (Å²) in [5.41, 5.74) is 1.75. The Hall–Kier alpha value is -3.06. The monoisotopic (exact) mass is 326 g/mol. The minimum Gasteiger partial charge on any atom is -0.378 e. The van der Waals surface area contributed by atoms with E-state index in [2.05, 4.69) is 15.6 Å². The Morgan fingerprint density at radius 3 is 2.71 bits per heavy atom. The number of halogens is 1. The van der Waals surface area contributed by atoms with Gasteiger partial charge >= 0.3 is 0 Å². The molecule has 3 aromatic rings. The number of ether oxygens (including phenoxy) is 1. The van der Waals surface area contributed by atoms with Gasteiger partial charge in [-0.2, -0.15) is 0 Å². The third kappa shape index (κ3) is 3.31. The number of anilines is 1. The van der Waals surface area contributed by atoms with E-state index in [4.69, 9.17) is 4.74 Å². The molecule has 6 nitrogen and oxygen atoms in total. The predicted molar refractivity (Wildman–Crippen MR) is 86.4 cm³/mol. The number of amides is 1. The summed E-state index contributed by atoms with van der Waals surface area (Å²) in [5, 5.41) is 10.6. The van der Waals surface area contributed by atoms with E-state index in [-0.39, 0.29) is 12.3 Å². The van der Waals surface area contributed by atoms with Gasteiger partial charge in [0.15, 0.2) is 5.69 Å². The summed E-state index contributed by atoms with van der Waals surface area (Å²) in [5.74, 6) is -0.910. The van der Waals surface area contributed by atoms with E-state index in [0.717, 1.165) is 5.69 Å². The van der Waals surface area contributed by atoms with Crippen molar-refractivity contribution in [3.05, 3.63) is 71.8 Å². The van der Waals surface area contributed by atoms with Crippen LogP contribution in [0.15, 0.2) is 54.6 Å². The van der Waals surface area contributed by atoms with Crippen LogP contribution in [0.4, 0.5) is 10.1 Å². The third-order valence-electron chi connectivity index (χ3n) is 3.34. The van der Waals surface area contributed by atoms with Crippen molar-refractivity contribution < 1.29 is 13.9 Å². The van der Waals surface area contributed by atoms with Gasteiger partial charge in [-0.1, -0.05) is 29.5 Å². The van der Waals surface area contributed by atoms with Crippen molar-refractivity contribution in [3.8, 4) is 5.69 Å². The van der Waals surface area contributed by atoms with Gasteiger partial charge in [0.25, 0.3) is 5.91 Å². The number of para-hydroxylation sites is 1. The number of rotatable bonds is 5. The summed E-state index contributed by atoms with van der Waals surface area (Å²) in [6.07, 6.45) is 0. The van der Waals surface area contributed by atoms with Gasteiger partial charge in [0.1, 0.15) is 11.5 Å². The minimum atomic E-state index is -0.477. The first-order valence-electron chi connectivity index (χ1n) is 7.25. The summed E-state index contributed by atoms with van der Waals surface area (Å²) in [6, 6.07) is 15.0.